The van der Waals surface area contributed by atoms with Crippen LogP contribution >= 0.6 is 0 Å². The average Bonchev–Trinajstić information content (AvgIpc) is 3.32. The van der Waals surface area contributed by atoms with E-state index in [1.807, 2.05) is 0 Å². The first kappa shape index (κ1) is 59.8. The molecule has 4 bridgehead atoms. The van der Waals surface area contributed by atoms with E-state index in [0.717, 1.165) is 135 Å². The van der Waals surface area contributed by atoms with E-state index in [4.69, 9.17) is 23.7 Å². The molecule has 0 N–H and O–H groups in total. The van der Waals surface area contributed by atoms with Crippen LogP contribution in [0.3, 0.4) is 0 Å². The van der Waals surface area contributed by atoms with Crippen molar-refractivity contribution in [1.29, 1.82) is 0 Å². The summed E-state index contributed by atoms with van der Waals surface area (Å²) in [6.45, 7) is 16.2. The molecular weight excluding hydrogens is 851 g/mol. The monoisotopic (exact) mass is 954 g/mol. The molecule has 4 aliphatic carbocycles. The molecule has 4 unspecified atom stereocenters. The van der Waals surface area contributed by atoms with Crippen LogP contribution in [-0.4, -0.2) is 81.8 Å². The van der Waals surface area contributed by atoms with Crippen molar-refractivity contribution >= 4 is 17.9 Å². The standard InChI is InChI=1S/C59H103NO8/c1-6-11-14-17-20-21-22-23-24-25-26-27-28-29-32-36-53(61)66-49-57-43-52-44-58(46-57,50-67-54(62)37-35-40-60(9-4)10-5)48-59(45-52,47-57)51-68-55(63)38-39-56(64-41-33-30-18-15-12-7-2)65-42-34-31-19-16-13-8-3/h11,14,20-21,23-24,52,56H,6-10,12-13,15-19,22,25-51H2,1-5H3/b14-11-,21-20-,24-23-. The minimum absolute atomic E-state index is 0.108. The van der Waals surface area contributed by atoms with Gasteiger partial charge in [0, 0.05) is 48.7 Å². The van der Waals surface area contributed by atoms with E-state index in [9.17, 15) is 14.4 Å². The fourth-order valence-electron chi connectivity index (χ4n) is 12.0. The van der Waals surface area contributed by atoms with Crippen LogP contribution in [0.5, 0.6) is 0 Å². The molecule has 68 heavy (non-hydrogen) atoms. The largest absolute Gasteiger partial charge is 0.465 e. The lowest BCUT2D eigenvalue weighted by molar-refractivity contribution is -0.213. The molecule has 4 atom stereocenters. The zero-order valence-corrected chi connectivity index (χ0v) is 44.6. The van der Waals surface area contributed by atoms with Gasteiger partial charge in [-0.2, -0.15) is 0 Å². The van der Waals surface area contributed by atoms with Crippen LogP contribution in [0.4, 0.5) is 0 Å². The molecule has 0 saturated heterocycles. The maximum absolute atomic E-state index is 13.6. The molecule has 4 rings (SSSR count). The van der Waals surface area contributed by atoms with Gasteiger partial charge >= 0.3 is 17.9 Å². The van der Waals surface area contributed by atoms with Gasteiger partial charge in [0.25, 0.3) is 0 Å². The van der Waals surface area contributed by atoms with E-state index in [0.29, 0.717) is 58.2 Å². The fraction of sp³-hybridized carbons (Fsp3) is 0.847. The third-order valence-corrected chi connectivity index (χ3v) is 15.0. The van der Waals surface area contributed by atoms with Crippen molar-refractivity contribution < 1.29 is 38.1 Å². The second kappa shape index (κ2) is 36.4. The molecule has 0 aliphatic heterocycles. The van der Waals surface area contributed by atoms with Gasteiger partial charge in [0.1, 0.15) is 0 Å². The highest BCUT2D eigenvalue weighted by Crippen LogP contribution is 2.70. The Morgan fingerprint density at radius 1 is 0.500 bits per heavy atom. The Balaban J connectivity index is 1.54. The molecule has 9 heteroatoms. The summed E-state index contributed by atoms with van der Waals surface area (Å²) in [5.74, 6) is -0.0274. The van der Waals surface area contributed by atoms with Gasteiger partial charge in [0.05, 0.1) is 26.2 Å². The average molecular weight is 954 g/mol. The van der Waals surface area contributed by atoms with E-state index in [-0.39, 0.29) is 40.6 Å². The number of hydrogen-bond donors (Lipinski definition) is 0. The molecule has 0 heterocycles. The van der Waals surface area contributed by atoms with Crippen molar-refractivity contribution in [3.63, 3.8) is 0 Å². The SMILES string of the molecule is CC/C=C\C/C=C\C/C=C\CCCCCCCC(=O)OCC12CC3CC(COC(=O)CCCN(CC)CC)(C1)CC(COC(=O)CCC(OCCCCCCCC)OCCCCCCCC)(C3)C2. The van der Waals surface area contributed by atoms with Gasteiger partial charge in [-0.15, -0.1) is 0 Å². The number of carbonyl (C=O) groups excluding carboxylic acids is 3. The molecule has 0 radical (unpaired) electrons. The molecule has 392 valence electrons. The number of ether oxygens (including phenoxy) is 5. The molecular formula is C59H103NO8. The summed E-state index contributed by atoms with van der Waals surface area (Å²) in [6, 6.07) is 0. The number of hydrogen-bond acceptors (Lipinski definition) is 9. The smallest absolute Gasteiger partial charge is 0.305 e. The van der Waals surface area contributed by atoms with Gasteiger partial charge in [-0.05, 0) is 122 Å². The van der Waals surface area contributed by atoms with Gasteiger partial charge in [-0.25, -0.2) is 0 Å². The number of allylic oxidation sites excluding steroid dienone is 6. The summed E-state index contributed by atoms with van der Waals surface area (Å²) >= 11 is 0. The van der Waals surface area contributed by atoms with E-state index in [1.165, 1.54) is 64.2 Å². The predicted octanol–water partition coefficient (Wildman–Crippen LogP) is 15.1. The molecule has 0 aromatic carbocycles. The quantitative estimate of drug-likeness (QED) is 0.0194. The molecule has 0 amide bonds. The normalized spacial score (nSPS) is 22.2. The second-order valence-corrected chi connectivity index (χ2v) is 21.5. The van der Waals surface area contributed by atoms with E-state index < -0.39 is 6.29 Å². The second-order valence-electron chi connectivity index (χ2n) is 21.5. The Bertz CT molecular complexity index is 1410. The van der Waals surface area contributed by atoms with Crippen molar-refractivity contribution in [2.24, 2.45) is 22.2 Å². The minimum atomic E-state index is -0.403. The minimum Gasteiger partial charge on any atom is -0.465 e. The number of esters is 3. The fourth-order valence-corrected chi connectivity index (χ4v) is 12.0. The first-order valence-electron chi connectivity index (χ1n) is 28.5. The highest BCUT2D eigenvalue weighted by Gasteiger charge is 2.64. The van der Waals surface area contributed by atoms with E-state index >= 15 is 0 Å². The lowest BCUT2D eigenvalue weighted by atomic mass is 9.40. The first-order chi connectivity index (χ1) is 33.1. The molecule has 0 aromatic heterocycles. The van der Waals surface area contributed by atoms with E-state index in [1.54, 1.807) is 0 Å². The van der Waals surface area contributed by atoms with E-state index in [2.05, 4.69) is 76.0 Å². The van der Waals surface area contributed by atoms with Crippen molar-refractivity contribution in [3.05, 3.63) is 36.5 Å². The van der Waals surface area contributed by atoms with Gasteiger partial charge < -0.3 is 28.6 Å². The predicted molar refractivity (Wildman–Crippen MR) is 279 cm³/mol. The topological polar surface area (TPSA) is 101 Å². The molecule has 9 nitrogen and oxygen atoms in total. The van der Waals surface area contributed by atoms with Gasteiger partial charge in [0.2, 0.25) is 0 Å². The highest BCUT2D eigenvalue weighted by atomic mass is 16.7. The zero-order valence-electron chi connectivity index (χ0n) is 44.6. The highest BCUT2D eigenvalue weighted by molar-refractivity contribution is 5.70. The molecule has 4 fully saturated rings. The van der Waals surface area contributed by atoms with Crippen molar-refractivity contribution in [1.82, 2.24) is 4.90 Å². The Morgan fingerprint density at radius 3 is 1.43 bits per heavy atom. The molecule has 0 aromatic rings. The first-order valence-corrected chi connectivity index (χ1v) is 28.5. The van der Waals surface area contributed by atoms with Gasteiger partial charge in [-0.3, -0.25) is 14.4 Å². The summed E-state index contributed by atoms with van der Waals surface area (Å²) in [7, 11) is 0. The molecule has 4 aliphatic rings. The third kappa shape index (κ3) is 25.6. The van der Waals surface area contributed by atoms with Crippen LogP contribution in [0.15, 0.2) is 36.5 Å². The number of unbranched alkanes of at least 4 members (excludes halogenated alkanes) is 15. The van der Waals surface area contributed by atoms with Crippen LogP contribution in [0, 0.1) is 22.2 Å². The summed E-state index contributed by atoms with van der Waals surface area (Å²) < 4.78 is 31.0. The maximum Gasteiger partial charge on any atom is 0.305 e. The molecule has 0 spiro atoms. The summed E-state index contributed by atoms with van der Waals surface area (Å²) in [5.41, 5.74) is -0.632. The Kier molecular flexibility index (Phi) is 32.0. The lowest BCUT2D eigenvalue weighted by Crippen LogP contribution is -2.61. The molecule has 4 saturated carbocycles. The Labute approximate surface area is 417 Å². The summed E-state index contributed by atoms with van der Waals surface area (Å²) in [4.78, 5) is 42.3. The lowest BCUT2D eigenvalue weighted by Gasteiger charge is -2.66. The van der Waals surface area contributed by atoms with Crippen molar-refractivity contribution in [3.8, 4) is 0 Å². The van der Waals surface area contributed by atoms with Crippen LogP contribution in [0.2, 0.25) is 0 Å². The third-order valence-electron chi connectivity index (χ3n) is 15.0. The Hall–Kier alpha value is -2.49. The van der Waals surface area contributed by atoms with Crippen LogP contribution in [0.1, 0.15) is 240 Å². The zero-order chi connectivity index (χ0) is 49.0. The van der Waals surface area contributed by atoms with Crippen LogP contribution < -0.4 is 0 Å². The van der Waals surface area contributed by atoms with Gasteiger partial charge in [-0.1, -0.05) is 155 Å². The van der Waals surface area contributed by atoms with Crippen molar-refractivity contribution in [2.75, 3.05) is 52.7 Å². The number of carbonyl (C=O) groups is 3. The number of nitrogens with zero attached hydrogens (tertiary/aromatic N) is 1. The van der Waals surface area contributed by atoms with Gasteiger partial charge in [0.15, 0.2) is 6.29 Å². The van der Waals surface area contributed by atoms with Crippen LogP contribution in [-0.2, 0) is 38.1 Å². The Morgan fingerprint density at radius 2 is 0.926 bits per heavy atom. The van der Waals surface area contributed by atoms with Crippen molar-refractivity contribution in [2.45, 2.75) is 246 Å². The van der Waals surface area contributed by atoms with Crippen LogP contribution in [0.25, 0.3) is 0 Å². The summed E-state index contributed by atoms with van der Waals surface area (Å²) in [6.07, 6.45) is 45.0. The summed E-state index contributed by atoms with van der Waals surface area (Å²) in [5, 5.41) is 0. The maximum atomic E-state index is 13.6. The number of rotatable bonds is 44.